The Morgan fingerprint density at radius 2 is 1.54 bits per heavy atom. The van der Waals surface area contributed by atoms with Crippen molar-refractivity contribution in [3.63, 3.8) is 0 Å². The lowest BCUT2D eigenvalue weighted by atomic mass is 9.92. The third kappa shape index (κ3) is 11.2. The Hall–Kier alpha value is -2.65. The van der Waals surface area contributed by atoms with Crippen LogP contribution < -0.4 is 0 Å². The molecule has 0 spiro atoms. The summed E-state index contributed by atoms with van der Waals surface area (Å²) in [5, 5.41) is 0. The summed E-state index contributed by atoms with van der Waals surface area (Å²) in [7, 11) is 0. The van der Waals surface area contributed by atoms with E-state index >= 15 is 0 Å². The van der Waals surface area contributed by atoms with E-state index in [4.69, 9.17) is 23.7 Å². The lowest BCUT2D eigenvalue weighted by Crippen LogP contribution is -2.54. The van der Waals surface area contributed by atoms with Crippen molar-refractivity contribution >= 4 is 18.2 Å². The molecule has 4 atom stereocenters. The molecule has 1 aliphatic rings. The standard InChI is InChI=1S/C30H47NO8/c1-20(2)17-36-25-21(3)37-26(32)24(19-35-18-23(25)16-15-22-13-11-10-12-14-22)31(27(33)38-29(4,5)6)28(34)39-30(7,8)9/h10-14,20-21,23-25H,15-19H2,1-9H3/t21-,23-,24-,25-/m0/s1. The van der Waals surface area contributed by atoms with E-state index in [1.165, 1.54) is 5.56 Å². The third-order valence-electron chi connectivity index (χ3n) is 5.87. The first-order chi connectivity index (χ1) is 18.1. The number of ether oxygens (including phenoxy) is 5. The minimum atomic E-state index is -1.39. The van der Waals surface area contributed by atoms with Gasteiger partial charge in [-0.2, -0.15) is 4.90 Å². The van der Waals surface area contributed by atoms with Crippen molar-refractivity contribution in [3.8, 4) is 0 Å². The van der Waals surface area contributed by atoms with E-state index in [-0.39, 0.29) is 25.0 Å². The van der Waals surface area contributed by atoms with Crippen LogP contribution in [0.5, 0.6) is 0 Å². The van der Waals surface area contributed by atoms with Crippen LogP contribution in [0.3, 0.4) is 0 Å². The first kappa shape index (κ1) is 32.6. The van der Waals surface area contributed by atoms with Gasteiger partial charge in [0.1, 0.15) is 17.3 Å². The largest absolute Gasteiger partial charge is 0.458 e. The number of imide groups is 1. The van der Waals surface area contributed by atoms with Gasteiger partial charge >= 0.3 is 18.2 Å². The minimum Gasteiger partial charge on any atom is -0.458 e. The fourth-order valence-corrected chi connectivity index (χ4v) is 4.16. The maximum atomic E-state index is 13.5. The molecule has 0 saturated carbocycles. The quantitative estimate of drug-likeness (QED) is 0.312. The second-order valence-electron chi connectivity index (χ2n) is 12.5. The Labute approximate surface area is 233 Å². The molecule has 0 aromatic heterocycles. The normalized spacial score (nSPS) is 22.8. The molecule has 220 valence electrons. The highest BCUT2D eigenvalue weighted by atomic mass is 16.6. The van der Waals surface area contributed by atoms with E-state index in [0.717, 1.165) is 12.8 Å². The van der Waals surface area contributed by atoms with E-state index in [0.29, 0.717) is 11.5 Å². The summed E-state index contributed by atoms with van der Waals surface area (Å²) in [6.45, 7) is 16.4. The fraction of sp³-hybridized carbons (Fsp3) is 0.700. The summed E-state index contributed by atoms with van der Waals surface area (Å²) in [6, 6.07) is 8.72. The molecule has 1 fully saturated rings. The number of hydrogen-bond acceptors (Lipinski definition) is 8. The van der Waals surface area contributed by atoms with Crippen LogP contribution in [0.4, 0.5) is 9.59 Å². The number of aryl methyl sites for hydroxylation is 1. The van der Waals surface area contributed by atoms with Crippen molar-refractivity contribution in [3.05, 3.63) is 35.9 Å². The van der Waals surface area contributed by atoms with Gasteiger partial charge < -0.3 is 23.7 Å². The monoisotopic (exact) mass is 549 g/mol. The fourth-order valence-electron chi connectivity index (χ4n) is 4.16. The first-order valence-electron chi connectivity index (χ1n) is 13.8. The molecule has 0 bridgehead atoms. The number of carbonyl (C=O) groups excluding carboxylic acids is 3. The van der Waals surface area contributed by atoms with Crippen LogP contribution in [0.1, 0.15) is 74.3 Å². The Bertz CT molecular complexity index is 907. The highest BCUT2D eigenvalue weighted by Crippen LogP contribution is 2.26. The van der Waals surface area contributed by atoms with Crippen LogP contribution in [0.25, 0.3) is 0 Å². The van der Waals surface area contributed by atoms with Gasteiger partial charge in [-0.25, -0.2) is 14.4 Å². The zero-order chi connectivity index (χ0) is 29.4. The van der Waals surface area contributed by atoms with Gasteiger partial charge in [0, 0.05) is 12.5 Å². The maximum Gasteiger partial charge on any atom is 0.420 e. The number of hydrogen-bond donors (Lipinski definition) is 0. The molecule has 1 saturated heterocycles. The van der Waals surface area contributed by atoms with Gasteiger partial charge in [-0.15, -0.1) is 0 Å². The smallest absolute Gasteiger partial charge is 0.420 e. The molecule has 0 N–H and O–H groups in total. The number of esters is 1. The molecule has 39 heavy (non-hydrogen) atoms. The first-order valence-corrected chi connectivity index (χ1v) is 13.8. The van der Waals surface area contributed by atoms with Gasteiger partial charge in [-0.05, 0) is 72.8 Å². The molecule has 9 heteroatoms. The second kappa shape index (κ2) is 14.1. The molecule has 1 aromatic carbocycles. The predicted octanol–water partition coefficient (Wildman–Crippen LogP) is 5.78. The molecular weight excluding hydrogens is 502 g/mol. The SMILES string of the molecule is CC(C)CO[C@@H]1[C@@H](CCc2ccccc2)COC[C@H](N(C(=O)OC(C)(C)C)C(=O)OC(C)(C)C)C(=O)O[C@H]1C. The third-order valence-corrected chi connectivity index (χ3v) is 5.87. The number of benzene rings is 1. The van der Waals surface area contributed by atoms with E-state index in [1.807, 2.05) is 18.2 Å². The molecule has 0 aliphatic carbocycles. The van der Waals surface area contributed by atoms with Crippen LogP contribution in [-0.4, -0.2) is 72.3 Å². The predicted molar refractivity (Wildman–Crippen MR) is 147 cm³/mol. The summed E-state index contributed by atoms with van der Waals surface area (Å²) in [5.41, 5.74) is -0.637. The van der Waals surface area contributed by atoms with Gasteiger partial charge in [0.05, 0.1) is 19.3 Å². The van der Waals surface area contributed by atoms with Gasteiger partial charge in [0.15, 0.2) is 6.04 Å². The van der Waals surface area contributed by atoms with Gasteiger partial charge in [-0.1, -0.05) is 44.2 Å². The molecule has 2 rings (SSSR count). The minimum absolute atomic E-state index is 0.0954. The number of nitrogens with zero attached hydrogens (tertiary/aromatic N) is 1. The van der Waals surface area contributed by atoms with E-state index < -0.39 is 47.6 Å². The van der Waals surface area contributed by atoms with Crippen LogP contribution in [0.15, 0.2) is 30.3 Å². The Morgan fingerprint density at radius 1 is 0.974 bits per heavy atom. The lowest BCUT2D eigenvalue weighted by molar-refractivity contribution is -0.164. The van der Waals surface area contributed by atoms with Crippen LogP contribution in [0.2, 0.25) is 0 Å². The van der Waals surface area contributed by atoms with Gasteiger partial charge in [-0.3, -0.25) is 0 Å². The maximum absolute atomic E-state index is 13.5. The molecule has 1 aliphatic heterocycles. The number of carbonyl (C=O) groups is 3. The summed E-state index contributed by atoms with van der Waals surface area (Å²) >= 11 is 0. The lowest BCUT2D eigenvalue weighted by Gasteiger charge is -2.33. The van der Waals surface area contributed by atoms with Crippen molar-refractivity contribution in [2.45, 2.75) is 105 Å². The average Bonchev–Trinajstić information content (AvgIpc) is 2.83. The number of cyclic esters (lactones) is 1. The van der Waals surface area contributed by atoms with E-state index in [1.54, 1.807) is 48.5 Å². The molecule has 9 nitrogen and oxygen atoms in total. The van der Waals surface area contributed by atoms with E-state index in [9.17, 15) is 14.4 Å². The Balaban J connectivity index is 2.35. The second-order valence-corrected chi connectivity index (χ2v) is 12.5. The van der Waals surface area contributed by atoms with Crippen molar-refractivity contribution < 1.29 is 38.1 Å². The highest BCUT2D eigenvalue weighted by molar-refractivity contribution is 5.94. The van der Waals surface area contributed by atoms with Crippen LogP contribution >= 0.6 is 0 Å². The van der Waals surface area contributed by atoms with E-state index in [2.05, 4.69) is 26.0 Å². The average molecular weight is 550 g/mol. The van der Waals surface area contributed by atoms with Crippen LogP contribution in [-0.2, 0) is 34.9 Å². The molecular formula is C30H47NO8. The Morgan fingerprint density at radius 3 is 2.05 bits per heavy atom. The summed E-state index contributed by atoms with van der Waals surface area (Å²) in [6.07, 6.45) is -1.58. The molecule has 1 aromatic rings. The molecule has 0 radical (unpaired) electrons. The topological polar surface area (TPSA) is 101 Å². The van der Waals surface area contributed by atoms with Crippen LogP contribution in [0, 0.1) is 11.8 Å². The summed E-state index contributed by atoms with van der Waals surface area (Å²) in [5.74, 6) is -0.609. The molecule has 1 heterocycles. The van der Waals surface area contributed by atoms with Gasteiger partial charge in [0.25, 0.3) is 0 Å². The van der Waals surface area contributed by atoms with Gasteiger partial charge in [0.2, 0.25) is 0 Å². The van der Waals surface area contributed by atoms with Crippen molar-refractivity contribution in [1.82, 2.24) is 4.90 Å². The van der Waals surface area contributed by atoms with Crippen molar-refractivity contribution in [2.75, 3.05) is 19.8 Å². The molecule has 0 unspecified atom stereocenters. The highest BCUT2D eigenvalue weighted by Gasteiger charge is 2.44. The van der Waals surface area contributed by atoms with Crippen molar-refractivity contribution in [1.29, 1.82) is 0 Å². The zero-order valence-corrected chi connectivity index (χ0v) is 25.0. The summed E-state index contributed by atoms with van der Waals surface area (Å²) < 4.78 is 29.1. The van der Waals surface area contributed by atoms with Crippen molar-refractivity contribution in [2.24, 2.45) is 11.8 Å². The number of amides is 2. The zero-order valence-electron chi connectivity index (χ0n) is 25.0. The Kier molecular flexibility index (Phi) is 11.8. The molecule has 2 amide bonds. The summed E-state index contributed by atoms with van der Waals surface area (Å²) in [4.78, 5) is 40.5. The number of rotatable bonds is 7.